The molecule has 0 aliphatic carbocycles. The van der Waals surface area contributed by atoms with Crippen LogP contribution in [0.25, 0.3) is 0 Å². The van der Waals surface area contributed by atoms with E-state index in [-0.39, 0.29) is 11.7 Å². The lowest BCUT2D eigenvalue weighted by Gasteiger charge is -2.20. The Bertz CT molecular complexity index is 792. The van der Waals surface area contributed by atoms with Crippen molar-refractivity contribution < 1.29 is 18.0 Å². The van der Waals surface area contributed by atoms with Crippen molar-refractivity contribution in [3.63, 3.8) is 0 Å². The molecule has 1 aliphatic rings. The highest BCUT2D eigenvalue weighted by molar-refractivity contribution is 9.10. The highest BCUT2D eigenvalue weighted by atomic mass is 79.9. The van der Waals surface area contributed by atoms with Gasteiger partial charge in [-0.05, 0) is 48.9 Å². The molecule has 7 heteroatoms. The molecule has 1 saturated heterocycles. The van der Waals surface area contributed by atoms with Crippen molar-refractivity contribution in [3.05, 3.63) is 58.1 Å². The number of hydrogen-bond donors (Lipinski definition) is 0. The third kappa shape index (κ3) is 3.13. The Balaban J connectivity index is 1.88. The van der Waals surface area contributed by atoms with Gasteiger partial charge in [0.05, 0.1) is 5.56 Å². The number of anilines is 2. The van der Waals surface area contributed by atoms with Crippen LogP contribution < -0.4 is 9.80 Å². The first-order valence-electron chi connectivity index (χ1n) is 7.30. The van der Waals surface area contributed by atoms with E-state index in [0.29, 0.717) is 13.1 Å². The highest BCUT2D eigenvalue weighted by Gasteiger charge is 2.34. The molecule has 0 saturated carbocycles. The van der Waals surface area contributed by atoms with E-state index in [2.05, 4.69) is 15.9 Å². The summed E-state index contributed by atoms with van der Waals surface area (Å²) in [5.41, 5.74) is 1.21. The summed E-state index contributed by atoms with van der Waals surface area (Å²) in [6.45, 7) is 2.68. The van der Waals surface area contributed by atoms with E-state index in [1.54, 1.807) is 4.90 Å². The van der Waals surface area contributed by atoms with Gasteiger partial charge in [0.25, 0.3) is 0 Å². The van der Waals surface area contributed by atoms with Gasteiger partial charge in [0.15, 0.2) is 0 Å². The van der Waals surface area contributed by atoms with E-state index in [0.717, 1.165) is 27.9 Å². The predicted octanol–water partition coefficient (Wildman–Crippen LogP) is 5.22. The Labute approximate surface area is 145 Å². The van der Waals surface area contributed by atoms with Gasteiger partial charge in [0.1, 0.15) is 0 Å². The van der Waals surface area contributed by atoms with Crippen molar-refractivity contribution >= 4 is 33.3 Å². The number of carbonyl (C=O) groups excluding carboxylic acids is 1. The molecule has 0 atom stereocenters. The third-order valence-electron chi connectivity index (χ3n) is 3.95. The van der Waals surface area contributed by atoms with Gasteiger partial charge in [-0.1, -0.05) is 22.0 Å². The fourth-order valence-electron chi connectivity index (χ4n) is 2.66. The summed E-state index contributed by atoms with van der Waals surface area (Å²) in [6.07, 6.45) is -4.43. The summed E-state index contributed by atoms with van der Waals surface area (Å²) in [6, 6.07) is 10.1. The Morgan fingerprint density at radius 1 is 1.00 bits per heavy atom. The molecule has 2 amide bonds. The van der Waals surface area contributed by atoms with Gasteiger partial charge in [-0.3, -0.25) is 9.80 Å². The number of halogens is 4. The average Bonchev–Trinajstić information content (AvgIpc) is 2.91. The number of aryl methyl sites for hydroxylation is 1. The Hall–Kier alpha value is -2.02. The second-order valence-electron chi connectivity index (χ2n) is 5.57. The topological polar surface area (TPSA) is 23.6 Å². The summed E-state index contributed by atoms with van der Waals surface area (Å²) in [5, 5.41) is 0. The number of carbonyl (C=O) groups is 1. The monoisotopic (exact) mass is 398 g/mol. The first-order valence-corrected chi connectivity index (χ1v) is 8.09. The Morgan fingerprint density at radius 2 is 1.62 bits per heavy atom. The van der Waals surface area contributed by atoms with Crippen LogP contribution >= 0.6 is 15.9 Å². The summed E-state index contributed by atoms with van der Waals surface area (Å²) in [4.78, 5) is 15.6. The van der Waals surface area contributed by atoms with Crippen LogP contribution in [-0.4, -0.2) is 19.1 Å². The van der Waals surface area contributed by atoms with E-state index in [9.17, 15) is 18.0 Å². The molecule has 24 heavy (non-hydrogen) atoms. The number of amides is 2. The molecule has 0 aromatic heterocycles. The minimum absolute atomic E-state index is 0.256. The molecule has 3 nitrogen and oxygen atoms in total. The number of nitrogens with zero attached hydrogens (tertiary/aromatic N) is 2. The van der Waals surface area contributed by atoms with Crippen molar-refractivity contribution in [2.45, 2.75) is 13.1 Å². The van der Waals surface area contributed by atoms with Gasteiger partial charge in [-0.15, -0.1) is 0 Å². The number of urea groups is 1. The van der Waals surface area contributed by atoms with E-state index >= 15 is 0 Å². The van der Waals surface area contributed by atoms with Gasteiger partial charge in [-0.2, -0.15) is 13.2 Å². The summed E-state index contributed by atoms with van der Waals surface area (Å²) >= 11 is 3.41. The molecule has 1 fully saturated rings. The second-order valence-corrected chi connectivity index (χ2v) is 6.42. The van der Waals surface area contributed by atoms with Crippen molar-refractivity contribution in [2.75, 3.05) is 22.9 Å². The van der Waals surface area contributed by atoms with Crippen LogP contribution in [0.15, 0.2) is 46.9 Å². The molecule has 1 heterocycles. The van der Waals surface area contributed by atoms with Crippen LogP contribution in [0.4, 0.5) is 29.3 Å². The van der Waals surface area contributed by atoms with E-state index in [4.69, 9.17) is 0 Å². The van der Waals surface area contributed by atoms with Crippen LogP contribution in [0.5, 0.6) is 0 Å². The van der Waals surface area contributed by atoms with Crippen molar-refractivity contribution in [1.29, 1.82) is 0 Å². The number of alkyl halides is 3. The fourth-order valence-corrected chi connectivity index (χ4v) is 2.91. The Kier molecular flexibility index (Phi) is 4.29. The van der Waals surface area contributed by atoms with E-state index in [1.165, 1.54) is 17.0 Å². The molecular weight excluding hydrogens is 385 g/mol. The average molecular weight is 399 g/mol. The van der Waals surface area contributed by atoms with Crippen molar-refractivity contribution in [3.8, 4) is 0 Å². The number of benzene rings is 2. The van der Waals surface area contributed by atoms with Crippen molar-refractivity contribution in [1.82, 2.24) is 0 Å². The zero-order chi connectivity index (χ0) is 17.5. The van der Waals surface area contributed by atoms with Crippen LogP contribution in [0.1, 0.15) is 11.1 Å². The first kappa shape index (κ1) is 16.8. The van der Waals surface area contributed by atoms with Crippen LogP contribution in [0, 0.1) is 6.92 Å². The molecule has 1 aliphatic heterocycles. The van der Waals surface area contributed by atoms with E-state index in [1.807, 2.05) is 25.1 Å². The van der Waals surface area contributed by atoms with Gasteiger partial charge in [-0.25, -0.2) is 4.79 Å². The van der Waals surface area contributed by atoms with Crippen LogP contribution in [0.3, 0.4) is 0 Å². The SMILES string of the molecule is Cc1cc(N2CCN(c3cccc(C(F)(F)F)c3)C2=O)ccc1Br. The number of hydrogen-bond acceptors (Lipinski definition) is 1. The summed E-state index contributed by atoms with van der Waals surface area (Å²) in [5.74, 6) is 0. The molecular formula is C17H14BrF3N2O. The van der Waals surface area contributed by atoms with Gasteiger partial charge < -0.3 is 0 Å². The molecule has 0 unspecified atom stereocenters. The predicted molar refractivity (Wildman–Crippen MR) is 90.4 cm³/mol. The molecule has 0 N–H and O–H groups in total. The van der Waals surface area contributed by atoms with Gasteiger partial charge >= 0.3 is 12.2 Å². The molecule has 0 radical (unpaired) electrons. The highest BCUT2D eigenvalue weighted by Crippen LogP contribution is 2.33. The zero-order valence-electron chi connectivity index (χ0n) is 12.8. The third-order valence-corrected chi connectivity index (χ3v) is 4.84. The van der Waals surface area contributed by atoms with Crippen LogP contribution in [-0.2, 0) is 6.18 Å². The van der Waals surface area contributed by atoms with E-state index < -0.39 is 11.7 Å². The smallest absolute Gasteiger partial charge is 0.292 e. The van der Waals surface area contributed by atoms with Crippen LogP contribution in [0.2, 0.25) is 0 Å². The minimum Gasteiger partial charge on any atom is -0.292 e. The first-order chi connectivity index (χ1) is 11.3. The normalized spacial score (nSPS) is 15.3. The zero-order valence-corrected chi connectivity index (χ0v) is 14.4. The molecule has 2 aromatic carbocycles. The standard InChI is InChI=1S/C17H14BrF3N2O/c1-11-9-14(5-6-15(11)18)23-8-7-22(16(23)24)13-4-2-3-12(10-13)17(19,20)21/h2-6,9-10H,7-8H2,1H3. The molecule has 0 spiro atoms. The quantitative estimate of drug-likeness (QED) is 0.679. The minimum atomic E-state index is -4.43. The molecule has 0 bridgehead atoms. The Morgan fingerprint density at radius 3 is 2.21 bits per heavy atom. The van der Waals surface area contributed by atoms with Gasteiger partial charge in [0.2, 0.25) is 0 Å². The molecule has 126 valence electrons. The summed E-state index contributed by atoms with van der Waals surface area (Å²) < 4.78 is 39.5. The van der Waals surface area contributed by atoms with Crippen molar-refractivity contribution in [2.24, 2.45) is 0 Å². The second kappa shape index (κ2) is 6.12. The fraction of sp³-hybridized carbons (Fsp3) is 0.235. The summed E-state index contributed by atoms with van der Waals surface area (Å²) in [7, 11) is 0. The lowest BCUT2D eigenvalue weighted by atomic mass is 10.2. The maximum absolute atomic E-state index is 12.9. The molecule has 2 aromatic rings. The lowest BCUT2D eigenvalue weighted by Crippen LogP contribution is -2.31. The number of rotatable bonds is 2. The largest absolute Gasteiger partial charge is 0.416 e. The maximum Gasteiger partial charge on any atom is 0.416 e. The molecule has 3 rings (SSSR count). The van der Waals surface area contributed by atoms with Gasteiger partial charge in [0, 0.05) is 28.9 Å². The maximum atomic E-state index is 12.9. The lowest BCUT2D eigenvalue weighted by molar-refractivity contribution is -0.137.